The van der Waals surface area contributed by atoms with Crippen LogP contribution in [0.2, 0.25) is 0 Å². The summed E-state index contributed by atoms with van der Waals surface area (Å²) in [5, 5.41) is 0. The lowest BCUT2D eigenvalue weighted by molar-refractivity contribution is -0.154. The van der Waals surface area contributed by atoms with Crippen LogP contribution in [0, 0.1) is 0 Å². The van der Waals surface area contributed by atoms with Crippen LogP contribution >= 0.6 is 0 Å². The van der Waals surface area contributed by atoms with E-state index in [0.29, 0.717) is 5.56 Å². The number of alkyl halides is 3. The topological polar surface area (TPSA) is 57.4 Å². The Hall–Kier alpha value is -1.34. The fourth-order valence-electron chi connectivity index (χ4n) is 1.19. The third-order valence-corrected chi connectivity index (χ3v) is 2.01. The minimum atomic E-state index is -4.37. The second kappa shape index (κ2) is 5.83. The molecule has 1 atom stereocenters. The van der Waals surface area contributed by atoms with E-state index in [1.54, 1.807) is 6.07 Å². The molecule has 1 unspecified atom stereocenters. The van der Waals surface area contributed by atoms with Crippen LogP contribution in [-0.2, 0) is 4.74 Å². The first-order valence-electron chi connectivity index (χ1n) is 4.84. The standard InChI is InChI=1S/C10H13F3N2O2/c1-16-8(4-14)7-2-3-9(15-5-7)17-6-10(11,12)13/h2-3,5,8H,4,6,14H2,1H3. The predicted octanol–water partition coefficient (Wildman–Crippen LogP) is 1.67. The highest BCUT2D eigenvalue weighted by atomic mass is 19.4. The zero-order valence-corrected chi connectivity index (χ0v) is 9.20. The van der Waals surface area contributed by atoms with Crippen LogP contribution < -0.4 is 10.5 Å². The number of hydrogen-bond donors (Lipinski definition) is 1. The molecule has 2 N–H and O–H groups in total. The minimum Gasteiger partial charge on any atom is -0.468 e. The third kappa shape index (κ3) is 4.58. The quantitative estimate of drug-likeness (QED) is 0.863. The maximum absolute atomic E-state index is 11.9. The second-order valence-electron chi connectivity index (χ2n) is 3.29. The number of pyridine rings is 1. The van der Waals surface area contributed by atoms with Crippen LogP contribution in [0.25, 0.3) is 0 Å². The van der Waals surface area contributed by atoms with Crippen molar-refractivity contribution >= 4 is 0 Å². The maximum Gasteiger partial charge on any atom is 0.422 e. The minimum absolute atomic E-state index is 0.0852. The van der Waals surface area contributed by atoms with E-state index in [-0.39, 0.29) is 18.5 Å². The molecule has 0 fully saturated rings. The summed E-state index contributed by atoms with van der Waals surface area (Å²) in [6.45, 7) is -1.09. The molecule has 0 aliphatic heterocycles. The number of rotatable bonds is 5. The SMILES string of the molecule is COC(CN)c1ccc(OCC(F)(F)F)nc1. The lowest BCUT2D eigenvalue weighted by Crippen LogP contribution is -2.19. The Bertz CT molecular complexity index is 336. The molecule has 0 amide bonds. The van der Waals surface area contributed by atoms with Crippen molar-refractivity contribution in [2.75, 3.05) is 20.3 Å². The predicted molar refractivity (Wildman–Crippen MR) is 54.6 cm³/mol. The lowest BCUT2D eigenvalue weighted by Gasteiger charge is -2.13. The Morgan fingerprint density at radius 1 is 1.41 bits per heavy atom. The summed E-state index contributed by atoms with van der Waals surface area (Å²) in [5.41, 5.74) is 6.13. The van der Waals surface area contributed by atoms with Crippen LogP contribution in [0.3, 0.4) is 0 Å². The first-order chi connectivity index (χ1) is 7.96. The first-order valence-corrected chi connectivity index (χ1v) is 4.84. The number of ether oxygens (including phenoxy) is 2. The molecule has 7 heteroatoms. The highest BCUT2D eigenvalue weighted by Gasteiger charge is 2.28. The van der Waals surface area contributed by atoms with Crippen molar-refractivity contribution in [1.82, 2.24) is 4.98 Å². The van der Waals surface area contributed by atoms with E-state index >= 15 is 0 Å². The zero-order valence-electron chi connectivity index (χ0n) is 9.20. The zero-order chi connectivity index (χ0) is 12.9. The van der Waals surface area contributed by atoms with E-state index in [1.807, 2.05) is 0 Å². The van der Waals surface area contributed by atoms with Gasteiger partial charge in [0.2, 0.25) is 5.88 Å². The van der Waals surface area contributed by atoms with E-state index in [0.717, 1.165) is 0 Å². The second-order valence-corrected chi connectivity index (χ2v) is 3.29. The van der Waals surface area contributed by atoms with Crippen molar-refractivity contribution in [3.05, 3.63) is 23.9 Å². The molecule has 0 aliphatic carbocycles. The van der Waals surface area contributed by atoms with E-state index in [9.17, 15) is 13.2 Å². The van der Waals surface area contributed by atoms with Gasteiger partial charge < -0.3 is 15.2 Å². The number of nitrogens with two attached hydrogens (primary N) is 1. The highest BCUT2D eigenvalue weighted by molar-refractivity contribution is 5.20. The average Bonchev–Trinajstić information content (AvgIpc) is 2.29. The van der Waals surface area contributed by atoms with Gasteiger partial charge in [0.15, 0.2) is 6.61 Å². The molecule has 0 saturated carbocycles. The Balaban J connectivity index is 2.62. The largest absolute Gasteiger partial charge is 0.468 e. The average molecular weight is 250 g/mol. The van der Waals surface area contributed by atoms with Gasteiger partial charge in [-0.05, 0) is 6.07 Å². The molecule has 1 rings (SSSR count). The van der Waals surface area contributed by atoms with Gasteiger partial charge in [0, 0.05) is 31.5 Å². The molecule has 0 bridgehead atoms. The van der Waals surface area contributed by atoms with Crippen LogP contribution in [0.4, 0.5) is 13.2 Å². The monoisotopic (exact) mass is 250 g/mol. The number of aromatic nitrogens is 1. The Morgan fingerprint density at radius 2 is 2.12 bits per heavy atom. The summed E-state index contributed by atoms with van der Waals surface area (Å²) in [6.07, 6.45) is -3.31. The van der Waals surface area contributed by atoms with Crippen LogP contribution in [0.1, 0.15) is 11.7 Å². The third-order valence-electron chi connectivity index (χ3n) is 2.01. The van der Waals surface area contributed by atoms with Gasteiger partial charge in [-0.1, -0.05) is 0 Å². The van der Waals surface area contributed by atoms with Gasteiger partial charge in [0.25, 0.3) is 0 Å². The van der Waals surface area contributed by atoms with Gasteiger partial charge in [-0.2, -0.15) is 13.2 Å². The van der Waals surface area contributed by atoms with E-state index in [1.165, 1.54) is 19.4 Å². The van der Waals surface area contributed by atoms with Crippen molar-refractivity contribution in [2.24, 2.45) is 5.73 Å². The van der Waals surface area contributed by atoms with E-state index in [4.69, 9.17) is 10.5 Å². The summed E-state index contributed by atoms with van der Waals surface area (Å²) in [7, 11) is 1.49. The summed E-state index contributed by atoms with van der Waals surface area (Å²) in [6, 6.07) is 2.92. The van der Waals surface area contributed by atoms with Crippen LogP contribution in [0.5, 0.6) is 5.88 Å². The molecule has 1 aromatic rings. The Kier molecular flexibility index (Phi) is 4.71. The van der Waals surface area contributed by atoms with Crippen LogP contribution in [0.15, 0.2) is 18.3 Å². The summed E-state index contributed by atoms with van der Waals surface area (Å²) < 4.78 is 45.1. The summed E-state index contributed by atoms with van der Waals surface area (Å²) in [4.78, 5) is 3.74. The molecule has 96 valence electrons. The van der Waals surface area contributed by atoms with Crippen molar-refractivity contribution in [1.29, 1.82) is 0 Å². The molecule has 1 heterocycles. The number of methoxy groups -OCH3 is 1. The van der Waals surface area contributed by atoms with Crippen molar-refractivity contribution in [2.45, 2.75) is 12.3 Å². The Labute approximate surface area is 96.5 Å². The van der Waals surface area contributed by atoms with Gasteiger partial charge in [0.1, 0.15) is 0 Å². The smallest absolute Gasteiger partial charge is 0.422 e. The first kappa shape index (κ1) is 13.7. The molecular weight excluding hydrogens is 237 g/mol. The van der Waals surface area contributed by atoms with Crippen molar-refractivity contribution < 1.29 is 22.6 Å². The fraction of sp³-hybridized carbons (Fsp3) is 0.500. The van der Waals surface area contributed by atoms with Gasteiger partial charge >= 0.3 is 6.18 Å². The molecule has 0 saturated heterocycles. The highest BCUT2D eigenvalue weighted by Crippen LogP contribution is 2.19. The Morgan fingerprint density at radius 3 is 2.53 bits per heavy atom. The summed E-state index contributed by atoms with van der Waals surface area (Å²) >= 11 is 0. The number of hydrogen-bond acceptors (Lipinski definition) is 4. The lowest BCUT2D eigenvalue weighted by atomic mass is 10.1. The van der Waals surface area contributed by atoms with Gasteiger partial charge in [-0.3, -0.25) is 0 Å². The number of nitrogens with zero attached hydrogens (tertiary/aromatic N) is 1. The molecule has 1 aromatic heterocycles. The maximum atomic E-state index is 11.9. The van der Waals surface area contributed by atoms with E-state index in [2.05, 4.69) is 9.72 Å². The molecule has 17 heavy (non-hydrogen) atoms. The number of halogens is 3. The molecule has 4 nitrogen and oxygen atoms in total. The van der Waals surface area contributed by atoms with Crippen molar-refractivity contribution in [3.8, 4) is 5.88 Å². The van der Waals surface area contributed by atoms with Gasteiger partial charge in [-0.25, -0.2) is 4.98 Å². The molecular formula is C10H13F3N2O2. The molecule has 0 aromatic carbocycles. The van der Waals surface area contributed by atoms with E-state index < -0.39 is 12.8 Å². The summed E-state index contributed by atoms with van der Waals surface area (Å²) in [5.74, 6) is -0.0852. The fourth-order valence-corrected chi connectivity index (χ4v) is 1.19. The molecule has 0 radical (unpaired) electrons. The van der Waals surface area contributed by atoms with Gasteiger partial charge in [0.05, 0.1) is 6.10 Å². The molecule has 0 spiro atoms. The van der Waals surface area contributed by atoms with Crippen molar-refractivity contribution in [3.63, 3.8) is 0 Å². The van der Waals surface area contributed by atoms with Gasteiger partial charge in [-0.15, -0.1) is 0 Å². The normalized spacial score (nSPS) is 13.5. The van der Waals surface area contributed by atoms with Crippen LogP contribution in [-0.4, -0.2) is 31.4 Å². The molecule has 0 aliphatic rings.